The number of rotatable bonds is 8. The molecule has 0 saturated heterocycles. The Kier molecular flexibility index (Phi) is 6.74. The van der Waals surface area contributed by atoms with Crippen LogP contribution >= 0.6 is 11.3 Å². The van der Waals surface area contributed by atoms with Gasteiger partial charge < -0.3 is 21.3 Å². The maximum absolute atomic E-state index is 12.0. The number of nitrogens with two attached hydrogens (primary N) is 1. The summed E-state index contributed by atoms with van der Waals surface area (Å²) in [7, 11) is 4.08. The van der Waals surface area contributed by atoms with Gasteiger partial charge in [0.15, 0.2) is 5.13 Å². The third-order valence-electron chi connectivity index (χ3n) is 2.59. The predicted octanol–water partition coefficient (Wildman–Crippen LogP) is 1.62. The second-order valence-corrected chi connectivity index (χ2v) is 6.30. The third-order valence-corrected chi connectivity index (χ3v) is 3.59. The summed E-state index contributed by atoms with van der Waals surface area (Å²) in [6, 6.07) is 0.266. The van der Waals surface area contributed by atoms with Crippen LogP contribution in [0.2, 0.25) is 0 Å². The quantitative estimate of drug-likeness (QED) is 0.635. The van der Waals surface area contributed by atoms with Crippen LogP contribution in [0.1, 0.15) is 36.4 Å². The highest BCUT2D eigenvalue weighted by atomic mass is 32.1. The Bertz CT molecular complexity index is 430. The van der Waals surface area contributed by atoms with Gasteiger partial charge in [-0.2, -0.15) is 0 Å². The van der Waals surface area contributed by atoms with Gasteiger partial charge in [0, 0.05) is 12.6 Å². The average Bonchev–Trinajstić information content (AvgIpc) is 2.68. The highest BCUT2D eigenvalue weighted by Gasteiger charge is 2.15. The second-order valence-electron chi connectivity index (χ2n) is 5.30. The molecule has 0 aliphatic rings. The zero-order chi connectivity index (χ0) is 15.1. The standard InChI is InChI=1S/C13H25N5OS/c1-9(2)16-13-17-11(14)10(20-13)12(19)15-7-5-6-8-18(3)4/h9H,5-8,14H2,1-4H3,(H,15,19)(H,16,17). The molecule has 0 unspecified atom stereocenters. The van der Waals surface area contributed by atoms with Gasteiger partial charge in [0.2, 0.25) is 0 Å². The van der Waals surface area contributed by atoms with E-state index in [1.807, 2.05) is 27.9 Å². The van der Waals surface area contributed by atoms with Crippen molar-refractivity contribution in [2.45, 2.75) is 32.7 Å². The van der Waals surface area contributed by atoms with Crippen LogP contribution < -0.4 is 16.4 Å². The minimum atomic E-state index is -0.137. The number of anilines is 2. The van der Waals surface area contributed by atoms with E-state index in [-0.39, 0.29) is 11.9 Å². The molecule has 0 fully saturated rings. The molecule has 1 aromatic rings. The molecule has 0 atom stereocenters. The molecule has 4 N–H and O–H groups in total. The van der Waals surface area contributed by atoms with Crippen molar-refractivity contribution < 1.29 is 4.79 Å². The number of amides is 1. The lowest BCUT2D eigenvalue weighted by Crippen LogP contribution is -2.25. The number of aromatic nitrogens is 1. The van der Waals surface area contributed by atoms with Crippen LogP contribution in [0.5, 0.6) is 0 Å². The number of nitrogens with one attached hydrogen (secondary N) is 2. The van der Waals surface area contributed by atoms with E-state index in [9.17, 15) is 4.79 Å². The minimum absolute atomic E-state index is 0.137. The monoisotopic (exact) mass is 299 g/mol. The smallest absolute Gasteiger partial charge is 0.265 e. The van der Waals surface area contributed by atoms with E-state index in [1.54, 1.807) is 0 Å². The maximum atomic E-state index is 12.0. The number of nitrogens with zero attached hydrogens (tertiary/aromatic N) is 2. The third kappa shape index (κ3) is 5.75. The Morgan fingerprint density at radius 1 is 1.40 bits per heavy atom. The molecule has 0 aromatic carbocycles. The Morgan fingerprint density at radius 3 is 2.70 bits per heavy atom. The van der Waals surface area contributed by atoms with E-state index in [2.05, 4.69) is 20.5 Å². The molecule has 0 spiro atoms. The van der Waals surface area contributed by atoms with Crippen LogP contribution in [0.4, 0.5) is 10.9 Å². The molecule has 20 heavy (non-hydrogen) atoms. The number of thiazole rings is 1. The van der Waals surface area contributed by atoms with Crippen molar-refractivity contribution in [3.05, 3.63) is 4.88 Å². The first kappa shape index (κ1) is 16.7. The van der Waals surface area contributed by atoms with Gasteiger partial charge >= 0.3 is 0 Å². The van der Waals surface area contributed by atoms with E-state index in [0.717, 1.165) is 19.4 Å². The van der Waals surface area contributed by atoms with Gasteiger partial charge in [-0.3, -0.25) is 4.79 Å². The van der Waals surface area contributed by atoms with E-state index in [1.165, 1.54) is 11.3 Å². The molecule has 0 bridgehead atoms. The summed E-state index contributed by atoms with van der Waals surface area (Å²) in [5, 5.41) is 6.73. The normalized spacial score (nSPS) is 11.1. The zero-order valence-corrected chi connectivity index (χ0v) is 13.5. The molecule has 0 saturated carbocycles. The fourth-order valence-corrected chi connectivity index (χ4v) is 2.59. The largest absolute Gasteiger partial charge is 0.382 e. The van der Waals surface area contributed by atoms with Crippen LogP contribution in [0.15, 0.2) is 0 Å². The summed E-state index contributed by atoms with van der Waals surface area (Å²) in [6.07, 6.45) is 2.02. The molecule has 114 valence electrons. The van der Waals surface area contributed by atoms with Crippen molar-refractivity contribution in [2.75, 3.05) is 38.2 Å². The summed E-state index contributed by atoms with van der Waals surface area (Å²) in [5.74, 6) is 0.158. The number of unbranched alkanes of at least 4 members (excludes halogenated alkanes) is 1. The summed E-state index contributed by atoms with van der Waals surface area (Å²) in [4.78, 5) is 18.8. The Labute approximate surface area is 124 Å². The van der Waals surface area contributed by atoms with E-state index >= 15 is 0 Å². The lowest BCUT2D eigenvalue weighted by molar-refractivity contribution is 0.0957. The number of carbonyl (C=O) groups is 1. The number of carbonyl (C=O) groups excluding carboxylic acids is 1. The molecule has 1 amide bonds. The highest BCUT2D eigenvalue weighted by Crippen LogP contribution is 2.25. The van der Waals surface area contributed by atoms with Crippen molar-refractivity contribution in [1.29, 1.82) is 0 Å². The fraction of sp³-hybridized carbons (Fsp3) is 0.692. The van der Waals surface area contributed by atoms with Gasteiger partial charge in [0.05, 0.1) is 0 Å². The van der Waals surface area contributed by atoms with Crippen LogP contribution in [0, 0.1) is 0 Å². The summed E-state index contributed by atoms with van der Waals surface area (Å²) >= 11 is 1.30. The van der Waals surface area contributed by atoms with Gasteiger partial charge in [0.25, 0.3) is 5.91 Å². The van der Waals surface area contributed by atoms with Gasteiger partial charge in [0.1, 0.15) is 10.7 Å². The molecule has 1 aromatic heterocycles. The van der Waals surface area contributed by atoms with Gasteiger partial charge in [-0.25, -0.2) is 4.98 Å². The molecular formula is C13H25N5OS. The predicted molar refractivity (Wildman–Crippen MR) is 85.4 cm³/mol. The summed E-state index contributed by atoms with van der Waals surface area (Å²) in [5.41, 5.74) is 5.78. The molecule has 6 nitrogen and oxygen atoms in total. The van der Waals surface area contributed by atoms with E-state index in [4.69, 9.17) is 5.73 Å². The van der Waals surface area contributed by atoms with Gasteiger partial charge in [-0.1, -0.05) is 11.3 Å². The zero-order valence-electron chi connectivity index (χ0n) is 12.7. The van der Waals surface area contributed by atoms with Crippen LogP contribution in [0.3, 0.4) is 0 Å². The van der Waals surface area contributed by atoms with Gasteiger partial charge in [-0.05, 0) is 47.3 Å². The van der Waals surface area contributed by atoms with Crippen molar-refractivity contribution in [2.24, 2.45) is 0 Å². The lowest BCUT2D eigenvalue weighted by Gasteiger charge is -2.09. The fourth-order valence-electron chi connectivity index (χ4n) is 1.64. The number of hydrogen-bond donors (Lipinski definition) is 3. The van der Waals surface area contributed by atoms with Crippen molar-refractivity contribution in [1.82, 2.24) is 15.2 Å². The molecule has 7 heteroatoms. The molecule has 1 heterocycles. The van der Waals surface area contributed by atoms with Gasteiger partial charge in [-0.15, -0.1) is 0 Å². The van der Waals surface area contributed by atoms with Crippen LogP contribution in [0.25, 0.3) is 0 Å². The number of hydrogen-bond acceptors (Lipinski definition) is 6. The number of nitrogen functional groups attached to an aromatic ring is 1. The molecule has 0 radical (unpaired) electrons. The Hall–Kier alpha value is -1.34. The topological polar surface area (TPSA) is 83.3 Å². The van der Waals surface area contributed by atoms with Crippen molar-refractivity contribution in [3.8, 4) is 0 Å². The molecule has 0 aliphatic carbocycles. The first-order valence-corrected chi connectivity index (χ1v) is 7.67. The molecular weight excluding hydrogens is 274 g/mol. The van der Waals surface area contributed by atoms with E-state index in [0.29, 0.717) is 22.4 Å². The SMILES string of the molecule is CC(C)Nc1nc(N)c(C(=O)NCCCCN(C)C)s1. The first-order valence-electron chi connectivity index (χ1n) is 6.86. The highest BCUT2D eigenvalue weighted by molar-refractivity contribution is 7.18. The lowest BCUT2D eigenvalue weighted by atomic mass is 10.3. The Morgan fingerprint density at radius 2 is 2.10 bits per heavy atom. The first-order chi connectivity index (χ1) is 9.40. The molecule has 0 aliphatic heterocycles. The van der Waals surface area contributed by atoms with Crippen LogP contribution in [-0.4, -0.2) is 49.0 Å². The average molecular weight is 299 g/mol. The maximum Gasteiger partial charge on any atom is 0.265 e. The molecule has 1 rings (SSSR count). The minimum Gasteiger partial charge on any atom is -0.382 e. The van der Waals surface area contributed by atoms with E-state index < -0.39 is 0 Å². The summed E-state index contributed by atoms with van der Waals surface area (Å²) < 4.78 is 0. The Balaban J connectivity index is 2.41. The van der Waals surface area contributed by atoms with Crippen molar-refractivity contribution in [3.63, 3.8) is 0 Å². The summed E-state index contributed by atoms with van der Waals surface area (Å²) in [6.45, 7) is 5.72. The van der Waals surface area contributed by atoms with Crippen molar-refractivity contribution >= 4 is 28.2 Å². The van der Waals surface area contributed by atoms with Crippen LogP contribution in [-0.2, 0) is 0 Å². The second kappa shape index (κ2) is 8.06.